The highest BCUT2D eigenvalue weighted by molar-refractivity contribution is 7.09. The van der Waals surface area contributed by atoms with E-state index in [1.807, 2.05) is 11.6 Å². The summed E-state index contributed by atoms with van der Waals surface area (Å²) >= 11 is 1.68. The lowest BCUT2D eigenvalue weighted by Crippen LogP contribution is -2.58. The minimum Gasteiger partial charge on any atom is -0.374 e. The number of hydrogen-bond donors (Lipinski definition) is 2. The first-order valence-corrected chi connectivity index (χ1v) is 8.38. The van der Waals surface area contributed by atoms with E-state index in [0.29, 0.717) is 5.41 Å². The summed E-state index contributed by atoms with van der Waals surface area (Å²) in [4.78, 5) is 4.39. The molecule has 0 spiro atoms. The molecule has 5 heteroatoms. The second-order valence-electron chi connectivity index (χ2n) is 6.51. The van der Waals surface area contributed by atoms with Crippen LogP contribution in [0.1, 0.15) is 51.5 Å². The van der Waals surface area contributed by atoms with E-state index in [4.69, 9.17) is 10.6 Å². The lowest BCUT2D eigenvalue weighted by molar-refractivity contribution is -0.106. The van der Waals surface area contributed by atoms with Gasteiger partial charge >= 0.3 is 0 Å². The molecule has 1 atom stereocenters. The van der Waals surface area contributed by atoms with Gasteiger partial charge in [-0.1, -0.05) is 13.8 Å². The summed E-state index contributed by atoms with van der Waals surface area (Å²) < 4.78 is 6.20. The fourth-order valence-electron chi connectivity index (χ4n) is 3.16. The van der Waals surface area contributed by atoms with Crippen LogP contribution in [-0.2, 0) is 11.2 Å². The molecular weight excluding hydrogens is 270 g/mol. The van der Waals surface area contributed by atoms with Crippen molar-refractivity contribution in [1.29, 1.82) is 0 Å². The summed E-state index contributed by atoms with van der Waals surface area (Å²) in [6.45, 7) is 7.48. The molecule has 1 aromatic heterocycles. The Hall–Kier alpha value is -0.490. The van der Waals surface area contributed by atoms with E-state index in [0.717, 1.165) is 30.9 Å². The van der Waals surface area contributed by atoms with Crippen molar-refractivity contribution in [1.82, 2.24) is 10.4 Å². The van der Waals surface area contributed by atoms with Gasteiger partial charge in [0.05, 0.1) is 16.7 Å². The molecule has 0 radical (unpaired) electrons. The highest BCUT2D eigenvalue weighted by Gasteiger charge is 2.44. The average Bonchev–Trinajstić information content (AvgIpc) is 2.92. The van der Waals surface area contributed by atoms with Crippen LogP contribution in [-0.4, -0.2) is 23.2 Å². The second-order valence-corrected chi connectivity index (χ2v) is 7.49. The summed E-state index contributed by atoms with van der Waals surface area (Å²) in [5, 5.41) is 3.14. The van der Waals surface area contributed by atoms with E-state index in [-0.39, 0.29) is 11.6 Å². The Morgan fingerprint density at radius 2 is 2.10 bits per heavy atom. The first kappa shape index (κ1) is 15.9. The van der Waals surface area contributed by atoms with Gasteiger partial charge < -0.3 is 4.74 Å². The number of nitrogens with two attached hydrogens (primary N) is 1. The quantitative estimate of drug-likeness (QED) is 0.626. The van der Waals surface area contributed by atoms with Gasteiger partial charge in [0, 0.05) is 24.6 Å². The predicted molar refractivity (Wildman–Crippen MR) is 83.5 cm³/mol. The monoisotopic (exact) mass is 297 g/mol. The molecule has 0 aliphatic heterocycles. The van der Waals surface area contributed by atoms with E-state index in [9.17, 15) is 0 Å². The molecule has 3 N–H and O–H groups in total. The van der Waals surface area contributed by atoms with Crippen LogP contribution in [0.2, 0.25) is 0 Å². The second kappa shape index (κ2) is 6.52. The number of thiazole rings is 1. The van der Waals surface area contributed by atoms with Crippen LogP contribution in [0.4, 0.5) is 0 Å². The Bertz CT molecular complexity index is 395. The van der Waals surface area contributed by atoms with E-state index < -0.39 is 0 Å². The van der Waals surface area contributed by atoms with Crippen molar-refractivity contribution in [2.75, 3.05) is 6.61 Å². The predicted octanol–water partition coefficient (Wildman–Crippen LogP) is 2.89. The third-order valence-corrected chi connectivity index (χ3v) is 5.38. The molecule has 0 amide bonds. The summed E-state index contributed by atoms with van der Waals surface area (Å²) in [6.07, 6.45) is 7.19. The van der Waals surface area contributed by atoms with E-state index in [1.165, 1.54) is 12.8 Å². The molecule has 1 fully saturated rings. The van der Waals surface area contributed by atoms with Crippen LogP contribution in [0.15, 0.2) is 11.6 Å². The summed E-state index contributed by atoms with van der Waals surface area (Å²) in [6, 6.07) is 0.129. The molecule has 4 nitrogen and oxygen atoms in total. The Labute approximate surface area is 126 Å². The van der Waals surface area contributed by atoms with Gasteiger partial charge in [-0.05, 0) is 38.0 Å². The summed E-state index contributed by atoms with van der Waals surface area (Å²) in [7, 11) is 0. The van der Waals surface area contributed by atoms with Gasteiger partial charge in [0.1, 0.15) is 0 Å². The Morgan fingerprint density at radius 3 is 2.60 bits per heavy atom. The van der Waals surface area contributed by atoms with Gasteiger partial charge in [0.2, 0.25) is 0 Å². The fraction of sp³-hybridized carbons (Fsp3) is 0.800. The Kier molecular flexibility index (Phi) is 5.18. The largest absolute Gasteiger partial charge is 0.374 e. The van der Waals surface area contributed by atoms with E-state index in [1.54, 1.807) is 11.3 Å². The molecule has 114 valence electrons. The van der Waals surface area contributed by atoms with E-state index in [2.05, 4.69) is 31.2 Å². The maximum atomic E-state index is 6.20. The van der Waals surface area contributed by atoms with Crippen LogP contribution in [0.5, 0.6) is 0 Å². The average molecular weight is 297 g/mol. The number of hydrazine groups is 1. The van der Waals surface area contributed by atoms with Crippen molar-refractivity contribution in [2.45, 2.75) is 64.5 Å². The van der Waals surface area contributed by atoms with E-state index >= 15 is 0 Å². The van der Waals surface area contributed by atoms with Crippen molar-refractivity contribution in [2.24, 2.45) is 11.3 Å². The first-order valence-electron chi connectivity index (χ1n) is 7.50. The number of nitrogens with zero attached hydrogens (tertiary/aromatic N) is 1. The van der Waals surface area contributed by atoms with Crippen LogP contribution in [0.3, 0.4) is 0 Å². The molecule has 2 rings (SSSR count). The van der Waals surface area contributed by atoms with Crippen molar-refractivity contribution in [3.8, 4) is 0 Å². The molecular formula is C15H27N3OS. The summed E-state index contributed by atoms with van der Waals surface area (Å²) in [5.74, 6) is 5.85. The molecule has 0 aromatic carbocycles. The minimum absolute atomic E-state index is 0.129. The topological polar surface area (TPSA) is 60.2 Å². The van der Waals surface area contributed by atoms with Gasteiger partial charge in [0.25, 0.3) is 0 Å². The van der Waals surface area contributed by atoms with Gasteiger partial charge in [-0.2, -0.15) is 0 Å². The maximum Gasteiger partial charge on any atom is 0.0942 e. The molecule has 0 bridgehead atoms. The van der Waals surface area contributed by atoms with Crippen LogP contribution in [0, 0.1) is 5.41 Å². The zero-order valence-corrected chi connectivity index (χ0v) is 13.6. The summed E-state index contributed by atoms with van der Waals surface area (Å²) in [5.41, 5.74) is 3.27. The zero-order valence-electron chi connectivity index (χ0n) is 12.8. The first-order chi connectivity index (χ1) is 9.51. The molecule has 1 saturated carbocycles. The van der Waals surface area contributed by atoms with Crippen LogP contribution < -0.4 is 11.3 Å². The van der Waals surface area contributed by atoms with Crippen molar-refractivity contribution >= 4 is 11.3 Å². The van der Waals surface area contributed by atoms with Gasteiger partial charge in [0.15, 0.2) is 0 Å². The van der Waals surface area contributed by atoms with Gasteiger partial charge in [-0.15, -0.1) is 11.3 Å². The highest BCUT2D eigenvalue weighted by atomic mass is 32.1. The smallest absolute Gasteiger partial charge is 0.0942 e. The number of rotatable bonds is 6. The molecule has 1 heterocycles. The standard InChI is InChI=1S/C15H27N3OS/c1-4-19-15(7-5-14(2,3)6-8-15)12(18-16)11-13-17-9-10-20-13/h9-10,12,18H,4-8,11,16H2,1-3H3. The molecule has 1 aromatic rings. The molecule has 20 heavy (non-hydrogen) atoms. The van der Waals surface area contributed by atoms with Crippen LogP contribution in [0.25, 0.3) is 0 Å². The highest BCUT2D eigenvalue weighted by Crippen LogP contribution is 2.44. The molecule has 1 unspecified atom stereocenters. The zero-order chi connectivity index (χ0) is 14.6. The normalized spacial score (nSPS) is 22.6. The maximum absolute atomic E-state index is 6.20. The molecule has 1 aliphatic rings. The van der Waals surface area contributed by atoms with Gasteiger partial charge in [-0.25, -0.2) is 4.98 Å². The SMILES string of the molecule is CCOC1(C(Cc2nccs2)NN)CCC(C)(C)CC1. The molecule has 0 saturated heterocycles. The number of aromatic nitrogens is 1. The number of hydrogen-bond acceptors (Lipinski definition) is 5. The third-order valence-electron chi connectivity index (χ3n) is 4.58. The van der Waals surface area contributed by atoms with Gasteiger partial charge in [-0.3, -0.25) is 11.3 Å². The van der Waals surface area contributed by atoms with Crippen molar-refractivity contribution < 1.29 is 4.74 Å². The lowest BCUT2D eigenvalue weighted by Gasteiger charge is -2.47. The fourth-order valence-corrected chi connectivity index (χ4v) is 3.82. The van der Waals surface area contributed by atoms with Crippen LogP contribution >= 0.6 is 11.3 Å². The minimum atomic E-state index is -0.148. The Morgan fingerprint density at radius 1 is 1.40 bits per heavy atom. The number of nitrogens with one attached hydrogen (secondary N) is 1. The Balaban J connectivity index is 2.13. The third kappa shape index (κ3) is 3.58. The number of ether oxygens (including phenoxy) is 1. The molecule has 1 aliphatic carbocycles. The van der Waals surface area contributed by atoms with Crippen molar-refractivity contribution in [3.05, 3.63) is 16.6 Å². The van der Waals surface area contributed by atoms with Crippen molar-refractivity contribution in [3.63, 3.8) is 0 Å². The lowest BCUT2D eigenvalue weighted by atomic mass is 9.68.